The molecule has 0 radical (unpaired) electrons. The van der Waals surface area contributed by atoms with Crippen molar-refractivity contribution in [2.24, 2.45) is 5.73 Å². The van der Waals surface area contributed by atoms with Gasteiger partial charge in [0.25, 0.3) is 0 Å². The van der Waals surface area contributed by atoms with Crippen molar-refractivity contribution in [2.75, 3.05) is 0 Å². The number of amides is 2. The monoisotopic (exact) mass is 174 g/mol. The quantitative estimate of drug-likeness (QED) is 0.233. The molecule has 0 saturated carbocycles. The van der Waals surface area contributed by atoms with Gasteiger partial charge in [0, 0.05) is 11.9 Å². The summed E-state index contributed by atoms with van der Waals surface area (Å²) < 4.78 is 1.34. The molecule has 0 aromatic rings. The number of carbonyl (C=O) groups is 2. The maximum atomic E-state index is 9.86. The summed E-state index contributed by atoms with van der Waals surface area (Å²) in [6, 6.07) is -0.770. The molecule has 0 aromatic carbocycles. The first-order valence-electron chi connectivity index (χ1n) is 1.56. The molecule has 0 heterocycles. The van der Waals surface area contributed by atoms with Crippen molar-refractivity contribution in [2.45, 2.75) is 0 Å². The summed E-state index contributed by atoms with van der Waals surface area (Å²) in [5.41, 5.74) is 4.57. The smallest absolute Gasteiger partial charge is 0.729 e. The molecule has 0 aliphatic carbocycles. The van der Waals surface area contributed by atoms with Crippen LogP contribution in [0.5, 0.6) is 0 Å². The molecule has 0 aliphatic heterocycles. The molecule has 0 saturated heterocycles. The molecular weight excluding hydrogens is 171 g/mol. The molecule has 0 rings (SSSR count). The molecule has 7 heteroatoms. The number of nitrogens with one attached hydrogen (secondary N) is 1. The van der Waals surface area contributed by atoms with Crippen molar-refractivity contribution < 1.29 is 39.1 Å². The SMILES string of the molecule is NC(=O)NSC(=O)[S-].[Na+]. The van der Waals surface area contributed by atoms with Gasteiger partial charge in [-0.2, -0.15) is 0 Å². The van der Waals surface area contributed by atoms with E-state index in [-0.39, 0.29) is 29.6 Å². The summed E-state index contributed by atoms with van der Waals surface area (Å²) in [5, 5.41) is 0. The Hall–Kier alpha value is 0.510. The van der Waals surface area contributed by atoms with Crippen molar-refractivity contribution in [1.29, 1.82) is 0 Å². The van der Waals surface area contributed by atoms with E-state index in [1.54, 1.807) is 0 Å². The van der Waals surface area contributed by atoms with Crippen molar-refractivity contribution in [3.05, 3.63) is 0 Å². The molecule has 0 aliphatic rings. The second-order valence-corrected chi connectivity index (χ2v) is 2.23. The second kappa shape index (κ2) is 6.63. The number of primary amides is 1. The molecule has 2 amide bonds. The van der Waals surface area contributed by atoms with Crippen LogP contribution in [-0.2, 0) is 12.6 Å². The van der Waals surface area contributed by atoms with Gasteiger partial charge in [0.2, 0.25) is 0 Å². The van der Waals surface area contributed by atoms with Crippen molar-refractivity contribution in [3.8, 4) is 0 Å². The molecular formula is C2H3N2NaO2S2. The zero-order chi connectivity index (χ0) is 6.57. The molecule has 0 atom stereocenters. The minimum atomic E-state index is -0.770. The molecule has 0 fully saturated rings. The van der Waals surface area contributed by atoms with Gasteiger partial charge in [-0.3, -0.25) is 4.72 Å². The van der Waals surface area contributed by atoms with Crippen LogP contribution in [0.4, 0.5) is 9.59 Å². The first-order chi connectivity index (χ1) is 3.63. The predicted octanol–water partition coefficient (Wildman–Crippen LogP) is -3.03. The molecule has 4 nitrogen and oxygen atoms in total. The van der Waals surface area contributed by atoms with Crippen LogP contribution in [0.25, 0.3) is 0 Å². The van der Waals surface area contributed by atoms with E-state index in [0.717, 1.165) is 0 Å². The van der Waals surface area contributed by atoms with E-state index in [0.29, 0.717) is 11.9 Å². The van der Waals surface area contributed by atoms with Crippen LogP contribution >= 0.6 is 11.9 Å². The molecule has 3 N–H and O–H groups in total. The molecule has 46 valence electrons. The minimum Gasteiger partial charge on any atom is -0.729 e. The van der Waals surface area contributed by atoms with Gasteiger partial charge in [-0.15, -0.1) is 0 Å². The summed E-state index contributed by atoms with van der Waals surface area (Å²) in [7, 11) is 0. The van der Waals surface area contributed by atoms with Gasteiger partial charge in [0.05, 0.1) is 4.45 Å². The average Bonchev–Trinajstić information content (AvgIpc) is 1.61. The fourth-order valence-corrected chi connectivity index (χ4v) is 0.401. The van der Waals surface area contributed by atoms with E-state index in [4.69, 9.17) is 0 Å². The van der Waals surface area contributed by atoms with Crippen molar-refractivity contribution in [1.82, 2.24) is 4.72 Å². The van der Waals surface area contributed by atoms with Crippen LogP contribution in [0.2, 0.25) is 0 Å². The zero-order valence-corrected chi connectivity index (χ0v) is 8.34. The number of rotatable bonds is 0. The van der Waals surface area contributed by atoms with Crippen molar-refractivity contribution in [3.63, 3.8) is 0 Å². The Morgan fingerprint density at radius 1 is 1.56 bits per heavy atom. The molecule has 0 aromatic heterocycles. The maximum absolute atomic E-state index is 9.86. The number of carbonyl (C=O) groups excluding carboxylic acids is 2. The summed E-state index contributed by atoms with van der Waals surface area (Å²) in [4.78, 5) is 19.7. The summed E-state index contributed by atoms with van der Waals surface area (Å²) in [6.45, 7) is 0. The van der Waals surface area contributed by atoms with Gasteiger partial charge in [0.1, 0.15) is 0 Å². The van der Waals surface area contributed by atoms with E-state index in [2.05, 4.69) is 18.4 Å². The van der Waals surface area contributed by atoms with Crippen LogP contribution in [0.3, 0.4) is 0 Å². The van der Waals surface area contributed by atoms with Gasteiger partial charge < -0.3 is 23.2 Å². The van der Waals surface area contributed by atoms with E-state index >= 15 is 0 Å². The Morgan fingerprint density at radius 2 is 2.00 bits per heavy atom. The largest absolute Gasteiger partial charge is 1.00 e. The van der Waals surface area contributed by atoms with Crippen LogP contribution in [-0.4, -0.2) is 10.5 Å². The first-order valence-corrected chi connectivity index (χ1v) is 2.78. The Labute approximate surface area is 84.1 Å². The average molecular weight is 174 g/mol. The fourth-order valence-electron chi connectivity index (χ4n) is 0.0920. The summed E-state index contributed by atoms with van der Waals surface area (Å²) in [6.07, 6.45) is 0. The fraction of sp³-hybridized carbons (Fsp3) is 0. The topological polar surface area (TPSA) is 72.2 Å². The minimum absolute atomic E-state index is 0. The van der Waals surface area contributed by atoms with E-state index in [1.807, 2.05) is 4.72 Å². The second-order valence-electron chi connectivity index (χ2n) is 0.818. The van der Waals surface area contributed by atoms with Crippen LogP contribution in [0.1, 0.15) is 0 Å². The van der Waals surface area contributed by atoms with Gasteiger partial charge in [-0.25, -0.2) is 4.79 Å². The Morgan fingerprint density at radius 3 is 2.11 bits per heavy atom. The van der Waals surface area contributed by atoms with E-state index in [1.165, 1.54) is 0 Å². The van der Waals surface area contributed by atoms with Gasteiger partial charge in [-0.1, -0.05) is 0 Å². The van der Waals surface area contributed by atoms with Crippen LogP contribution < -0.4 is 40.0 Å². The Bertz CT molecular complexity index is 105. The number of urea groups is 1. The molecule has 0 unspecified atom stereocenters. The molecule has 0 spiro atoms. The Balaban J connectivity index is 0. The van der Waals surface area contributed by atoms with E-state index < -0.39 is 10.5 Å². The Kier molecular flexibility index (Phi) is 8.99. The maximum Gasteiger partial charge on any atom is 1.00 e. The number of hydrogen-bond acceptors (Lipinski definition) is 4. The third-order valence-electron chi connectivity index (χ3n) is 0.235. The summed E-state index contributed by atoms with van der Waals surface area (Å²) >= 11 is 4.54. The third kappa shape index (κ3) is 11.9. The molecule has 9 heavy (non-hydrogen) atoms. The number of nitrogens with two attached hydrogens (primary N) is 1. The molecule has 0 bridgehead atoms. The predicted molar refractivity (Wildman–Crippen MR) is 33.1 cm³/mol. The van der Waals surface area contributed by atoms with Gasteiger partial charge in [-0.05, 0) is 0 Å². The zero-order valence-electron chi connectivity index (χ0n) is 4.71. The standard InChI is InChI=1S/C2H4N2O2S2.Na/c3-1(5)4-8-2(6)7;/h(H,6,7)(H3,3,4,5);/q;+1/p-1. The normalized spacial score (nSPS) is 7.11. The van der Waals surface area contributed by atoms with Crippen LogP contribution in [0, 0.1) is 0 Å². The summed E-state index contributed by atoms with van der Waals surface area (Å²) in [5.74, 6) is 0. The van der Waals surface area contributed by atoms with Gasteiger partial charge >= 0.3 is 35.6 Å². The van der Waals surface area contributed by atoms with Gasteiger partial charge in [0.15, 0.2) is 0 Å². The first kappa shape index (κ1) is 12.2. The van der Waals surface area contributed by atoms with E-state index in [9.17, 15) is 9.59 Å². The third-order valence-corrected chi connectivity index (χ3v) is 0.955. The van der Waals surface area contributed by atoms with Crippen LogP contribution in [0.15, 0.2) is 0 Å². The van der Waals surface area contributed by atoms with Crippen molar-refractivity contribution >= 4 is 35.1 Å². The number of hydrogen-bond donors (Lipinski definition) is 2.